The lowest BCUT2D eigenvalue weighted by atomic mass is 9.92. The molecule has 2 fully saturated rings. The van der Waals surface area contributed by atoms with E-state index in [0.717, 1.165) is 43.3 Å². The van der Waals surface area contributed by atoms with Crippen molar-refractivity contribution in [3.8, 4) is 11.6 Å². The van der Waals surface area contributed by atoms with Crippen molar-refractivity contribution < 1.29 is 24.2 Å². The minimum Gasteiger partial charge on any atom is -0.489 e. The van der Waals surface area contributed by atoms with Gasteiger partial charge >= 0.3 is 0 Å². The predicted octanol–water partition coefficient (Wildman–Crippen LogP) is 2.13. The van der Waals surface area contributed by atoms with Crippen molar-refractivity contribution in [2.45, 2.75) is 89.0 Å². The number of nitrogens with two attached hydrogens (primary N) is 2. The number of primary amides is 1. The second-order valence-corrected chi connectivity index (χ2v) is 11.5. The maximum absolute atomic E-state index is 13.3. The maximum atomic E-state index is 13.3. The molecule has 2 aliphatic rings. The summed E-state index contributed by atoms with van der Waals surface area (Å²) in [6, 6.07) is 3.71. The number of aromatic nitrogens is 4. The molecule has 2 saturated carbocycles. The largest absolute Gasteiger partial charge is 0.489 e. The Kier molecular flexibility index (Phi) is 7.99. The Hall–Kier alpha value is -3.64. The van der Waals surface area contributed by atoms with E-state index < -0.39 is 11.5 Å². The standard InChI is InChI=1S/C28H39N7O5/c1-28(2,38)16-39-23-11-10-22-20(14-31-35(22)24(23)17-4-5-17)26(37)32-18-6-8-19(9-7-18)40-27-21(25(30)36)15-34(33-27)13-3-12-29/h10-11,14-15,17-19,38H,3-9,12-13,16,29H2,1-2H3,(H2,30,36)(H,32,37). The van der Waals surface area contributed by atoms with Crippen molar-refractivity contribution >= 4 is 17.3 Å². The van der Waals surface area contributed by atoms with Crippen LogP contribution >= 0.6 is 0 Å². The normalized spacial score (nSPS) is 19.5. The van der Waals surface area contributed by atoms with Gasteiger partial charge in [-0.3, -0.25) is 14.3 Å². The molecular formula is C28H39N7O5. The van der Waals surface area contributed by atoms with Gasteiger partial charge < -0.3 is 31.4 Å². The lowest BCUT2D eigenvalue weighted by Gasteiger charge is -2.29. The second-order valence-electron chi connectivity index (χ2n) is 11.5. The first-order valence-electron chi connectivity index (χ1n) is 14.0. The molecule has 3 heterocycles. The van der Waals surface area contributed by atoms with Crippen LogP contribution < -0.4 is 26.3 Å². The van der Waals surface area contributed by atoms with Gasteiger partial charge in [-0.05, 0) is 77.5 Å². The molecule has 0 unspecified atom stereocenters. The van der Waals surface area contributed by atoms with E-state index in [-0.39, 0.29) is 36.1 Å². The summed E-state index contributed by atoms with van der Waals surface area (Å²) >= 11 is 0. The Balaban J connectivity index is 1.21. The van der Waals surface area contributed by atoms with Crippen LogP contribution in [0.4, 0.5) is 0 Å². The average molecular weight is 554 g/mol. The van der Waals surface area contributed by atoms with E-state index in [4.69, 9.17) is 20.9 Å². The van der Waals surface area contributed by atoms with Gasteiger partial charge in [0.1, 0.15) is 24.0 Å². The number of ether oxygens (including phenoxy) is 2. The van der Waals surface area contributed by atoms with E-state index in [9.17, 15) is 14.7 Å². The number of aryl methyl sites for hydroxylation is 1. The maximum Gasteiger partial charge on any atom is 0.255 e. The average Bonchev–Trinajstić information content (AvgIpc) is 3.52. The number of carbonyl (C=O) groups excluding carboxylic acids is 2. The van der Waals surface area contributed by atoms with E-state index in [2.05, 4.69) is 15.5 Å². The lowest BCUT2D eigenvalue weighted by Crippen LogP contribution is -2.39. The molecule has 12 heteroatoms. The third kappa shape index (κ3) is 6.39. The lowest BCUT2D eigenvalue weighted by molar-refractivity contribution is 0.0279. The van der Waals surface area contributed by atoms with Crippen molar-refractivity contribution in [3.63, 3.8) is 0 Å². The van der Waals surface area contributed by atoms with Crippen molar-refractivity contribution in [1.29, 1.82) is 0 Å². The number of aliphatic hydroxyl groups is 1. The molecule has 40 heavy (non-hydrogen) atoms. The van der Waals surface area contributed by atoms with Gasteiger partial charge in [0, 0.05) is 24.7 Å². The summed E-state index contributed by atoms with van der Waals surface area (Å²) in [4.78, 5) is 25.2. The molecular weight excluding hydrogens is 514 g/mol. The zero-order valence-electron chi connectivity index (χ0n) is 23.1. The Morgan fingerprint density at radius 1 is 1.15 bits per heavy atom. The fourth-order valence-electron chi connectivity index (χ4n) is 5.11. The summed E-state index contributed by atoms with van der Waals surface area (Å²) in [5, 5.41) is 22.2. The number of nitrogens with zero attached hydrogens (tertiary/aromatic N) is 4. The SMILES string of the molecule is CC(C)(O)COc1ccc2c(C(=O)NC3CCC(Oc4nn(CCCN)cc4C(N)=O)CC3)cnn2c1C1CC1. The first kappa shape index (κ1) is 27.9. The first-order valence-corrected chi connectivity index (χ1v) is 14.0. The van der Waals surface area contributed by atoms with Gasteiger partial charge in [0.05, 0.1) is 28.6 Å². The second kappa shape index (κ2) is 11.5. The Labute approximate surface area is 233 Å². The molecule has 6 N–H and O–H groups in total. The van der Waals surface area contributed by atoms with E-state index >= 15 is 0 Å². The highest BCUT2D eigenvalue weighted by molar-refractivity contribution is 6.01. The van der Waals surface area contributed by atoms with Crippen LogP contribution in [0.15, 0.2) is 24.5 Å². The van der Waals surface area contributed by atoms with E-state index in [0.29, 0.717) is 43.2 Å². The third-order valence-corrected chi connectivity index (χ3v) is 7.34. The molecule has 0 bridgehead atoms. The zero-order valence-corrected chi connectivity index (χ0v) is 23.1. The predicted molar refractivity (Wildman–Crippen MR) is 148 cm³/mol. The number of hydrogen-bond acceptors (Lipinski definition) is 8. The summed E-state index contributed by atoms with van der Waals surface area (Å²) in [5.74, 6) is 0.522. The number of hydrogen-bond donors (Lipinski definition) is 4. The molecule has 0 saturated heterocycles. The van der Waals surface area contributed by atoms with Gasteiger partial charge in [0.25, 0.3) is 11.8 Å². The highest BCUT2D eigenvalue weighted by Crippen LogP contribution is 2.44. The number of carbonyl (C=O) groups is 2. The van der Waals surface area contributed by atoms with Crippen LogP contribution in [-0.2, 0) is 6.54 Å². The minimum atomic E-state index is -0.953. The molecule has 0 spiro atoms. The molecule has 5 rings (SSSR count). The van der Waals surface area contributed by atoms with Crippen LogP contribution in [0.2, 0.25) is 0 Å². The highest BCUT2D eigenvalue weighted by atomic mass is 16.5. The molecule has 0 radical (unpaired) electrons. The van der Waals surface area contributed by atoms with Crippen LogP contribution in [0.1, 0.15) is 91.1 Å². The quantitative estimate of drug-likeness (QED) is 0.264. The fourth-order valence-corrected chi connectivity index (χ4v) is 5.11. The van der Waals surface area contributed by atoms with E-state index in [1.807, 2.05) is 12.1 Å². The number of amides is 2. The Morgan fingerprint density at radius 2 is 1.90 bits per heavy atom. The zero-order chi connectivity index (χ0) is 28.4. The monoisotopic (exact) mass is 553 g/mol. The molecule has 12 nitrogen and oxygen atoms in total. The summed E-state index contributed by atoms with van der Waals surface area (Å²) in [5.41, 5.74) is 12.6. The molecule has 2 amide bonds. The van der Waals surface area contributed by atoms with Gasteiger partial charge in [-0.15, -0.1) is 5.10 Å². The van der Waals surface area contributed by atoms with E-state index in [1.54, 1.807) is 35.4 Å². The fraction of sp³-hybridized carbons (Fsp3) is 0.571. The van der Waals surface area contributed by atoms with Gasteiger partial charge in [0.15, 0.2) is 0 Å². The molecule has 216 valence electrons. The van der Waals surface area contributed by atoms with Gasteiger partial charge in [-0.1, -0.05) is 0 Å². The topological polar surface area (TPSA) is 172 Å². The van der Waals surface area contributed by atoms with Gasteiger partial charge in [-0.2, -0.15) is 5.10 Å². The third-order valence-electron chi connectivity index (χ3n) is 7.34. The first-order chi connectivity index (χ1) is 19.1. The Bertz CT molecular complexity index is 1360. The summed E-state index contributed by atoms with van der Waals surface area (Å²) in [6.07, 6.45) is 8.79. The van der Waals surface area contributed by atoms with Crippen molar-refractivity contribution in [2.75, 3.05) is 13.2 Å². The van der Waals surface area contributed by atoms with Crippen molar-refractivity contribution in [3.05, 3.63) is 41.3 Å². The number of nitrogens with one attached hydrogen (secondary N) is 1. The van der Waals surface area contributed by atoms with E-state index in [1.165, 1.54) is 0 Å². The van der Waals surface area contributed by atoms with Gasteiger partial charge in [-0.25, -0.2) is 4.52 Å². The van der Waals surface area contributed by atoms with Gasteiger partial charge in [0.2, 0.25) is 5.88 Å². The van der Waals surface area contributed by atoms with Crippen LogP contribution in [0.25, 0.3) is 5.52 Å². The van der Waals surface area contributed by atoms with Crippen molar-refractivity contribution in [2.24, 2.45) is 11.5 Å². The van der Waals surface area contributed by atoms with Crippen LogP contribution in [0.3, 0.4) is 0 Å². The molecule has 0 aliphatic heterocycles. The molecule has 3 aromatic rings. The van der Waals surface area contributed by atoms with Crippen LogP contribution in [0.5, 0.6) is 11.6 Å². The van der Waals surface area contributed by atoms with Crippen LogP contribution in [-0.4, -0.2) is 67.2 Å². The summed E-state index contributed by atoms with van der Waals surface area (Å²) in [7, 11) is 0. The Morgan fingerprint density at radius 3 is 2.55 bits per heavy atom. The summed E-state index contributed by atoms with van der Waals surface area (Å²) in [6.45, 7) is 4.68. The molecule has 3 aromatic heterocycles. The molecule has 2 aliphatic carbocycles. The highest BCUT2D eigenvalue weighted by Gasteiger charge is 2.32. The minimum absolute atomic E-state index is 0.00248. The number of pyridine rings is 1. The molecule has 0 atom stereocenters. The molecule has 0 aromatic carbocycles. The summed E-state index contributed by atoms with van der Waals surface area (Å²) < 4.78 is 15.4. The number of fused-ring (bicyclic) bond motifs is 1. The van der Waals surface area contributed by atoms with Crippen molar-refractivity contribution in [1.82, 2.24) is 24.7 Å². The van der Waals surface area contributed by atoms with Crippen LogP contribution in [0, 0.1) is 0 Å². The number of rotatable bonds is 12. The smallest absolute Gasteiger partial charge is 0.255 e.